The van der Waals surface area contributed by atoms with E-state index in [-0.39, 0.29) is 40.8 Å². The van der Waals surface area contributed by atoms with Crippen molar-refractivity contribution in [3.05, 3.63) is 52.7 Å². The lowest BCUT2D eigenvalue weighted by atomic mass is 10.1. The monoisotopic (exact) mass is 781 g/mol. The Labute approximate surface area is 281 Å². The van der Waals surface area contributed by atoms with Crippen molar-refractivity contribution in [1.82, 2.24) is 15.0 Å². The number of nitrogens with zero attached hydrogens (tertiary/aromatic N) is 6. The molecule has 0 spiro atoms. The number of nitrogens with one attached hydrogen (secondary N) is 3. The van der Waals surface area contributed by atoms with Crippen molar-refractivity contribution in [2.24, 2.45) is 15.4 Å². The van der Waals surface area contributed by atoms with Crippen molar-refractivity contribution in [2.75, 3.05) is 34.9 Å². The first-order chi connectivity index (χ1) is 22.6. The Kier molecular flexibility index (Phi) is 10.8. The number of benzene rings is 3. The Hall–Kier alpha value is -4.54. The van der Waals surface area contributed by atoms with Crippen LogP contribution in [-0.2, 0) is 40.5 Å². The van der Waals surface area contributed by atoms with E-state index in [1.54, 1.807) is 0 Å². The molecule has 0 saturated carbocycles. The maximum absolute atomic E-state index is 12.2. The van der Waals surface area contributed by atoms with Crippen LogP contribution in [-0.4, -0.2) is 85.8 Å². The number of azo groups is 1. The lowest BCUT2D eigenvalue weighted by Gasteiger charge is -2.12. The third-order valence-electron chi connectivity index (χ3n) is 5.92. The van der Waals surface area contributed by atoms with Crippen molar-refractivity contribution in [1.29, 1.82) is 0 Å². The number of halogens is 1. The number of hydrogen-bond donors (Lipinski definition) is 7. The molecular weight excluding hydrogens is 762 g/mol. The number of fused-ring (bicyclic) bond motifs is 1. The van der Waals surface area contributed by atoms with E-state index >= 15 is 0 Å². The molecule has 0 saturated heterocycles. The molecule has 0 aliphatic carbocycles. The minimum Gasteiger partial charge on any atom is -0.362 e. The molecule has 3 aromatic carbocycles. The molecule has 262 valence electrons. The van der Waals surface area contributed by atoms with Crippen LogP contribution >= 0.6 is 11.6 Å². The Morgan fingerprint density at radius 2 is 1.37 bits per heavy atom. The summed E-state index contributed by atoms with van der Waals surface area (Å²) in [7, 11) is -19.7. The molecule has 1 aromatic heterocycles. The molecule has 0 aliphatic rings. The molecule has 0 bridgehead atoms. The molecule has 4 rings (SSSR count). The summed E-state index contributed by atoms with van der Waals surface area (Å²) < 4.78 is 132. The SMILES string of the molecule is O=NCNc1cc(Nc2nc(Cl)nc(NCCS(=O)(=O)O)n2)ccc1/N=N/c1cc2c(S(=O)(=O)O)cc(S(=O)(=O)O)cc2cc1S(=O)(=O)O. The highest BCUT2D eigenvalue weighted by molar-refractivity contribution is 7.87. The summed E-state index contributed by atoms with van der Waals surface area (Å²) in [6.45, 7) is -0.782. The van der Waals surface area contributed by atoms with Gasteiger partial charge < -0.3 is 16.0 Å². The Morgan fingerprint density at radius 3 is 1.98 bits per heavy atom. The van der Waals surface area contributed by atoms with Gasteiger partial charge in [-0.05, 0) is 64.6 Å². The zero-order chi connectivity index (χ0) is 36.4. The summed E-state index contributed by atoms with van der Waals surface area (Å²) in [5, 5.41) is 17.1. The first kappa shape index (κ1) is 37.3. The van der Waals surface area contributed by atoms with Gasteiger partial charge in [0.2, 0.25) is 17.2 Å². The predicted molar refractivity (Wildman–Crippen MR) is 171 cm³/mol. The van der Waals surface area contributed by atoms with E-state index in [0.29, 0.717) is 18.2 Å². The second-order valence-corrected chi connectivity index (χ2v) is 15.5. The van der Waals surface area contributed by atoms with Gasteiger partial charge in [0.1, 0.15) is 27.8 Å². The highest BCUT2D eigenvalue weighted by atomic mass is 35.5. The van der Waals surface area contributed by atoms with E-state index in [9.17, 15) is 52.2 Å². The van der Waals surface area contributed by atoms with Crippen molar-refractivity contribution < 1.29 is 51.9 Å². The zero-order valence-electron chi connectivity index (χ0n) is 23.8. The summed E-state index contributed by atoms with van der Waals surface area (Å²) in [4.78, 5) is 19.5. The second-order valence-electron chi connectivity index (χ2n) is 9.37. The Balaban J connectivity index is 1.77. The molecule has 0 unspecified atom stereocenters. The van der Waals surface area contributed by atoms with E-state index in [0.717, 1.165) is 6.07 Å². The quantitative estimate of drug-likeness (QED) is 0.0549. The van der Waals surface area contributed by atoms with E-state index in [4.69, 9.17) is 16.2 Å². The normalized spacial score (nSPS) is 12.7. The van der Waals surface area contributed by atoms with Gasteiger partial charge in [0.25, 0.3) is 40.5 Å². The first-order valence-electron chi connectivity index (χ1n) is 12.6. The highest BCUT2D eigenvalue weighted by Crippen LogP contribution is 2.37. The number of aromatic nitrogens is 3. The summed E-state index contributed by atoms with van der Waals surface area (Å²) in [5.41, 5.74) is -0.524. The van der Waals surface area contributed by atoms with Gasteiger partial charge in [0.15, 0.2) is 0 Å². The number of nitroso groups, excluding NO2 is 1. The van der Waals surface area contributed by atoms with E-state index < -0.39 is 84.0 Å². The van der Waals surface area contributed by atoms with Crippen LogP contribution in [0.2, 0.25) is 5.28 Å². The summed E-state index contributed by atoms with van der Waals surface area (Å²) in [6, 6.07) is 6.49. The average Bonchev–Trinajstić information content (AvgIpc) is 2.96. The molecule has 7 N–H and O–H groups in total. The first-order valence-corrected chi connectivity index (χ1v) is 19.0. The Bertz CT molecular complexity index is 2450. The number of hydrogen-bond acceptors (Lipinski definition) is 18. The summed E-state index contributed by atoms with van der Waals surface area (Å²) >= 11 is 5.91. The van der Waals surface area contributed by atoms with Gasteiger partial charge >= 0.3 is 0 Å². The third-order valence-corrected chi connectivity index (χ3v) is 9.42. The van der Waals surface area contributed by atoms with E-state index in [1.807, 2.05) is 0 Å². The van der Waals surface area contributed by atoms with Crippen LogP contribution in [0.1, 0.15) is 0 Å². The minimum atomic E-state index is -5.19. The molecule has 0 radical (unpaired) electrons. The number of anilines is 4. The fourth-order valence-corrected chi connectivity index (χ4v) is 6.45. The molecule has 1 heterocycles. The molecule has 27 heteroatoms. The van der Waals surface area contributed by atoms with Crippen molar-refractivity contribution in [3.63, 3.8) is 0 Å². The fraction of sp³-hybridized carbons (Fsp3) is 0.136. The summed E-state index contributed by atoms with van der Waals surface area (Å²) in [6.07, 6.45) is 0. The maximum Gasteiger partial charge on any atom is 0.296 e. The van der Waals surface area contributed by atoms with Crippen LogP contribution < -0.4 is 16.0 Å². The predicted octanol–water partition coefficient (Wildman–Crippen LogP) is 3.01. The molecule has 0 atom stereocenters. The van der Waals surface area contributed by atoms with Crippen LogP contribution in [0.25, 0.3) is 10.8 Å². The van der Waals surface area contributed by atoms with Gasteiger partial charge in [-0.3, -0.25) is 18.2 Å². The average molecular weight is 782 g/mol. The van der Waals surface area contributed by atoms with Crippen LogP contribution in [0, 0.1) is 4.91 Å². The lowest BCUT2D eigenvalue weighted by Crippen LogP contribution is -2.16. The van der Waals surface area contributed by atoms with Crippen molar-refractivity contribution >= 4 is 97.5 Å². The molecule has 49 heavy (non-hydrogen) atoms. The number of rotatable bonds is 14. The standard InChI is InChI=1S/C22H20ClN9O13S4/c23-20-28-21(24-3-4-46(34,35)36)30-22(29-20)27-12-1-2-15(16(7-12)25-10-26-33)31-32-17-9-14-11(6-19(17)49(43,44)45)5-13(47(37,38)39)8-18(14)48(40,41)42/h1-2,5-9,25H,3-4,10H2,(H,34,35,36)(H,37,38,39)(H,40,41,42)(H,43,44,45)(H2,24,27,28,29,30)/b32-31+. The maximum atomic E-state index is 12.2. The topological polar surface area (TPSA) is 346 Å². The summed E-state index contributed by atoms with van der Waals surface area (Å²) in [5.74, 6) is -0.961. The van der Waals surface area contributed by atoms with Crippen molar-refractivity contribution in [2.45, 2.75) is 14.7 Å². The zero-order valence-corrected chi connectivity index (χ0v) is 27.8. The van der Waals surface area contributed by atoms with Crippen LogP contribution in [0.15, 0.2) is 72.6 Å². The van der Waals surface area contributed by atoms with Crippen LogP contribution in [0.3, 0.4) is 0 Å². The van der Waals surface area contributed by atoms with Crippen LogP contribution in [0.5, 0.6) is 0 Å². The van der Waals surface area contributed by atoms with Gasteiger partial charge in [-0.15, -0.1) is 15.1 Å². The second kappa shape index (κ2) is 14.1. The molecule has 0 amide bonds. The van der Waals surface area contributed by atoms with Gasteiger partial charge in [-0.2, -0.15) is 48.6 Å². The molecule has 0 fully saturated rings. The van der Waals surface area contributed by atoms with Crippen molar-refractivity contribution in [3.8, 4) is 0 Å². The molecule has 0 aliphatic heterocycles. The Morgan fingerprint density at radius 1 is 0.714 bits per heavy atom. The highest BCUT2D eigenvalue weighted by Gasteiger charge is 2.24. The van der Waals surface area contributed by atoms with Gasteiger partial charge in [0.05, 0.1) is 16.3 Å². The molecule has 22 nitrogen and oxygen atoms in total. The van der Waals surface area contributed by atoms with E-state index in [2.05, 4.69) is 46.3 Å². The third kappa shape index (κ3) is 9.99. The van der Waals surface area contributed by atoms with Gasteiger partial charge in [-0.25, -0.2) is 0 Å². The smallest absolute Gasteiger partial charge is 0.296 e. The van der Waals surface area contributed by atoms with Crippen LogP contribution in [0.4, 0.5) is 34.6 Å². The van der Waals surface area contributed by atoms with Gasteiger partial charge in [0, 0.05) is 17.6 Å². The fourth-order valence-electron chi connectivity index (χ4n) is 3.94. The largest absolute Gasteiger partial charge is 0.362 e. The molecule has 4 aromatic rings. The minimum absolute atomic E-state index is 0.0330. The van der Waals surface area contributed by atoms with Gasteiger partial charge in [-0.1, -0.05) is 0 Å². The molecular formula is C22H20ClN9O13S4. The van der Waals surface area contributed by atoms with E-state index in [1.165, 1.54) is 18.2 Å². The lowest BCUT2D eigenvalue weighted by molar-refractivity contribution is 0.479.